The number of H-pyrrole nitrogens is 1. The van der Waals surface area contributed by atoms with Crippen LogP contribution in [0.5, 0.6) is 0 Å². The summed E-state index contributed by atoms with van der Waals surface area (Å²) in [5, 5.41) is 0. The van der Waals surface area contributed by atoms with Gasteiger partial charge in [-0.25, -0.2) is 0 Å². The molecule has 0 unspecified atom stereocenters. The van der Waals surface area contributed by atoms with Gasteiger partial charge in [-0.1, -0.05) is 12.2 Å². The van der Waals surface area contributed by atoms with E-state index in [9.17, 15) is 0 Å². The van der Waals surface area contributed by atoms with Crippen molar-refractivity contribution in [2.24, 2.45) is 5.73 Å². The molecule has 0 amide bonds. The van der Waals surface area contributed by atoms with Crippen molar-refractivity contribution in [1.29, 1.82) is 0 Å². The molecule has 0 aliphatic carbocycles. The number of hydrogen-bond acceptors (Lipinski definition) is 1. The predicted molar refractivity (Wildman–Crippen MR) is 48.1 cm³/mol. The highest BCUT2D eigenvalue weighted by atomic mass is 14.6. The molecule has 0 radical (unpaired) electrons. The summed E-state index contributed by atoms with van der Waals surface area (Å²) in [6.07, 6.45) is 10.3. The molecule has 0 aliphatic heterocycles. The molecule has 1 aromatic heterocycles. The summed E-state index contributed by atoms with van der Waals surface area (Å²) in [7, 11) is 0. The molecule has 60 valence electrons. The van der Waals surface area contributed by atoms with Crippen molar-refractivity contribution in [3.8, 4) is 0 Å². The van der Waals surface area contributed by atoms with Gasteiger partial charge in [0.15, 0.2) is 0 Å². The maximum absolute atomic E-state index is 5.35. The number of aromatic nitrogens is 1. The van der Waals surface area contributed by atoms with Crippen LogP contribution < -0.4 is 5.73 Å². The topological polar surface area (TPSA) is 41.8 Å². The molecule has 0 aromatic carbocycles. The van der Waals surface area contributed by atoms with Crippen LogP contribution >= 0.6 is 0 Å². The molecule has 2 heteroatoms. The van der Waals surface area contributed by atoms with Crippen LogP contribution in [0.4, 0.5) is 0 Å². The first-order chi connectivity index (χ1) is 5.43. The molecule has 0 bridgehead atoms. The molecule has 1 aromatic rings. The molecule has 0 atom stereocenters. The fourth-order valence-electron chi connectivity index (χ4n) is 0.896. The summed E-state index contributed by atoms with van der Waals surface area (Å²) in [6, 6.07) is 2.04. The van der Waals surface area contributed by atoms with Crippen LogP contribution in [-0.4, -0.2) is 11.5 Å². The van der Waals surface area contributed by atoms with Gasteiger partial charge in [-0.15, -0.1) is 0 Å². The van der Waals surface area contributed by atoms with Gasteiger partial charge in [0.25, 0.3) is 0 Å². The highest BCUT2D eigenvalue weighted by Crippen LogP contribution is 2.00. The summed E-state index contributed by atoms with van der Waals surface area (Å²) in [4.78, 5) is 2.99. The molecule has 2 nitrogen and oxygen atoms in total. The Kier molecular flexibility index (Phi) is 3.48. The van der Waals surface area contributed by atoms with E-state index < -0.39 is 0 Å². The fourth-order valence-corrected chi connectivity index (χ4v) is 0.896. The third kappa shape index (κ3) is 3.05. The Labute approximate surface area is 67.1 Å². The van der Waals surface area contributed by atoms with Gasteiger partial charge < -0.3 is 10.7 Å². The smallest absolute Gasteiger partial charge is 0.00779 e. The Bertz CT molecular complexity index is 199. The lowest BCUT2D eigenvalue weighted by molar-refractivity contribution is 0.857. The number of nitrogens with two attached hydrogens (primary N) is 1. The second-order valence-electron chi connectivity index (χ2n) is 2.48. The van der Waals surface area contributed by atoms with Crippen LogP contribution in [0.25, 0.3) is 6.08 Å². The van der Waals surface area contributed by atoms with E-state index in [4.69, 9.17) is 5.73 Å². The molecule has 11 heavy (non-hydrogen) atoms. The van der Waals surface area contributed by atoms with E-state index in [1.165, 1.54) is 5.56 Å². The number of aromatic amines is 1. The van der Waals surface area contributed by atoms with E-state index in [2.05, 4.69) is 17.1 Å². The van der Waals surface area contributed by atoms with E-state index in [1.54, 1.807) is 0 Å². The average molecular weight is 150 g/mol. The summed E-state index contributed by atoms with van der Waals surface area (Å²) in [5.41, 5.74) is 6.57. The first kappa shape index (κ1) is 8.08. The predicted octanol–water partition coefficient (Wildman–Crippen LogP) is 1.77. The maximum Gasteiger partial charge on any atom is 0.00779 e. The number of allylic oxidation sites excluding steroid dienone is 1. The van der Waals surface area contributed by atoms with Crippen LogP contribution in [-0.2, 0) is 0 Å². The van der Waals surface area contributed by atoms with Crippen molar-refractivity contribution in [2.75, 3.05) is 6.54 Å². The molecule has 0 fully saturated rings. The summed E-state index contributed by atoms with van der Waals surface area (Å²) >= 11 is 0. The van der Waals surface area contributed by atoms with Gasteiger partial charge in [-0.05, 0) is 31.0 Å². The first-order valence-electron chi connectivity index (χ1n) is 3.93. The third-order valence-electron chi connectivity index (χ3n) is 1.51. The summed E-state index contributed by atoms with van der Waals surface area (Å²) in [5.74, 6) is 0. The van der Waals surface area contributed by atoms with Gasteiger partial charge in [0, 0.05) is 12.4 Å². The maximum atomic E-state index is 5.35. The minimum Gasteiger partial charge on any atom is -0.367 e. The van der Waals surface area contributed by atoms with Crippen LogP contribution in [0.15, 0.2) is 24.5 Å². The number of nitrogens with one attached hydrogen (secondary N) is 1. The summed E-state index contributed by atoms with van der Waals surface area (Å²) in [6.45, 7) is 0.775. The minimum absolute atomic E-state index is 0.775. The third-order valence-corrected chi connectivity index (χ3v) is 1.51. The average Bonchev–Trinajstić information content (AvgIpc) is 2.50. The van der Waals surface area contributed by atoms with Crippen molar-refractivity contribution in [1.82, 2.24) is 4.98 Å². The molecule has 1 rings (SSSR count). The second kappa shape index (κ2) is 4.74. The Balaban J connectivity index is 2.25. The monoisotopic (exact) mass is 150 g/mol. The number of unbranched alkanes of at least 4 members (excludes halogenated alkanes) is 1. The molecule has 3 N–H and O–H groups in total. The van der Waals surface area contributed by atoms with Crippen molar-refractivity contribution in [3.63, 3.8) is 0 Å². The lowest BCUT2D eigenvalue weighted by Crippen LogP contribution is -1.96. The first-order valence-corrected chi connectivity index (χ1v) is 3.93. The second-order valence-corrected chi connectivity index (χ2v) is 2.48. The molecule has 1 heterocycles. The zero-order valence-corrected chi connectivity index (χ0v) is 6.59. The highest BCUT2D eigenvalue weighted by Gasteiger charge is 1.83. The Morgan fingerprint density at radius 3 is 3.09 bits per heavy atom. The van der Waals surface area contributed by atoms with E-state index >= 15 is 0 Å². The largest absolute Gasteiger partial charge is 0.367 e. The van der Waals surface area contributed by atoms with Gasteiger partial charge in [0.2, 0.25) is 0 Å². The quantitative estimate of drug-likeness (QED) is 0.631. The van der Waals surface area contributed by atoms with E-state index in [-0.39, 0.29) is 0 Å². The zero-order chi connectivity index (χ0) is 7.94. The van der Waals surface area contributed by atoms with Gasteiger partial charge in [0.1, 0.15) is 0 Å². The number of rotatable bonds is 4. The van der Waals surface area contributed by atoms with E-state index in [0.717, 1.165) is 19.4 Å². The van der Waals surface area contributed by atoms with Gasteiger partial charge in [-0.2, -0.15) is 0 Å². The number of hydrogen-bond donors (Lipinski definition) is 2. The van der Waals surface area contributed by atoms with Gasteiger partial charge in [0.05, 0.1) is 0 Å². The van der Waals surface area contributed by atoms with Crippen molar-refractivity contribution >= 4 is 6.08 Å². The van der Waals surface area contributed by atoms with Crippen LogP contribution in [0.3, 0.4) is 0 Å². The van der Waals surface area contributed by atoms with Crippen LogP contribution in [0.1, 0.15) is 18.4 Å². The molecule has 0 spiro atoms. The summed E-state index contributed by atoms with van der Waals surface area (Å²) < 4.78 is 0. The lowest BCUT2D eigenvalue weighted by atomic mass is 10.2. The zero-order valence-electron chi connectivity index (χ0n) is 6.59. The minimum atomic E-state index is 0.775. The van der Waals surface area contributed by atoms with Crippen molar-refractivity contribution in [3.05, 3.63) is 30.1 Å². The standard InChI is InChI=1S/C9H14N2/c10-6-3-1-2-4-9-5-7-11-8-9/h2,4-5,7-8,11H,1,3,6,10H2/b4-2+. The molecule has 0 saturated heterocycles. The SMILES string of the molecule is NCCC/C=C/c1cc[nH]c1. The van der Waals surface area contributed by atoms with Gasteiger partial charge in [-0.3, -0.25) is 0 Å². The fraction of sp³-hybridized carbons (Fsp3) is 0.333. The normalized spacial score (nSPS) is 11.0. The molecule has 0 aliphatic rings. The van der Waals surface area contributed by atoms with Gasteiger partial charge >= 0.3 is 0 Å². The van der Waals surface area contributed by atoms with Crippen molar-refractivity contribution in [2.45, 2.75) is 12.8 Å². The molecular formula is C9H14N2. The Morgan fingerprint density at radius 1 is 1.55 bits per heavy atom. The Hall–Kier alpha value is -1.02. The van der Waals surface area contributed by atoms with E-state index in [1.807, 2.05) is 18.5 Å². The molecule has 0 saturated carbocycles. The van der Waals surface area contributed by atoms with Crippen LogP contribution in [0.2, 0.25) is 0 Å². The van der Waals surface area contributed by atoms with Crippen molar-refractivity contribution < 1.29 is 0 Å². The van der Waals surface area contributed by atoms with E-state index in [0.29, 0.717) is 0 Å². The highest BCUT2D eigenvalue weighted by molar-refractivity contribution is 5.47. The lowest BCUT2D eigenvalue weighted by Gasteiger charge is -1.87. The Morgan fingerprint density at radius 2 is 2.45 bits per heavy atom. The van der Waals surface area contributed by atoms with Crippen LogP contribution in [0, 0.1) is 0 Å². The molecular weight excluding hydrogens is 136 g/mol.